The summed E-state index contributed by atoms with van der Waals surface area (Å²) in [5, 5.41) is 6.33. The third-order valence-corrected chi connectivity index (χ3v) is 4.16. The lowest BCUT2D eigenvalue weighted by Gasteiger charge is -2.08. The summed E-state index contributed by atoms with van der Waals surface area (Å²) in [6, 6.07) is 7.35. The van der Waals surface area contributed by atoms with Crippen LogP contribution in [-0.2, 0) is 16.4 Å². The normalized spacial score (nSPS) is 11.4. The van der Waals surface area contributed by atoms with E-state index in [1.54, 1.807) is 13.0 Å². The minimum absolute atomic E-state index is 0.171. The number of hydrogen-bond acceptors (Lipinski definition) is 3. The highest BCUT2D eigenvalue weighted by Gasteiger charge is 2.18. The molecule has 0 amide bonds. The van der Waals surface area contributed by atoms with Crippen LogP contribution >= 0.6 is 0 Å². The predicted octanol–water partition coefficient (Wildman–Crippen LogP) is 2.08. The maximum atomic E-state index is 12.1. The summed E-state index contributed by atoms with van der Waals surface area (Å²) in [6.45, 7) is 3.69. The van der Waals surface area contributed by atoms with Crippen LogP contribution < -0.4 is 4.72 Å². The van der Waals surface area contributed by atoms with Crippen molar-refractivity contribution in [3.63, 3.8) is 0 Å². The lowest BCUT2D eigenvalue weighted by atomic mass is 10.1. The number of rotatable bonds is 4. The maximum absolute atomic E-state index is 12.1. The average Bonchev–Trinajstić information content (AvgIpc) is 2.76. The highest BCUT2D eigenvalue weighted by molar-refractivity contribution is 7.92. The first-order chi connectivity index (χ1) is 8.53. The zero-order valence-corrected chi connectivity index (χ0v) is 11.1. The molecule has 0 spiro atoms. The van der Waals surface area contributed by atoms with E-state index < -0.39 is 10.0 Å². The van der Waals surface area contributed by atoms with Gasteiger partial charge in [0.1, 0.15) is 4.90 Å². The third kappa shape index (κ3) is 2.53. The molecule has 1 aromatic heterocycles. The summed E-state index contributed by atoms with van der Waals surface area (Å²) in [5.74, 6) is 0. The fourth-order valence-corrected chi connectivity index (χ4v) is 2.86. The molecule has 6 heteroatoms. The van der Waals surface area contributed by atoms with Crippen LogP contribution in [0, 0.1) is 6.92 Å². The largest absolute Gasteiger partial charge is 0.281 e. The Balaban J connectivity index is 2.31. The molecule has 96 valence electrons. The molecular weight excluding hydrogens is 250 g/mol. The van der Waals surface area contributed by atoms with E-state index in [2.05, 4.69) is 14.9 Å². The smallest absolute Gasteiger partial charge is 0.265 e. The highest BCUT2D eigenvalue weighted by atomic mass is 32.2. The SMILES string of the molecule is CCc1cccc(NS(=O)(=O)c2cn[nH]c2C)c1. The molecule has 0 aliphatic rings. The van der Waals surface area contributed by atoms with Crippen molar-refractivity contribution in [3.8, 4) is 0 Å². The second-order valence-corrected chi connectivity index (χ2v) is 5.67. The number of nitrogens with zero attached hydrogens (tertiary/aromatic N) is 1. The van der Waals surface area contributed by atoms with Crippen molar-refractivity contribution in [1.82, 2.24) is 10.2 Å². The van der Waals surface area contributed by atoms with Crippen LogP contribution in [0.5, 0.6) is 0 Å². The zero-order valence-electron chi connectivity index (χ0n) is 10.3. The molecule has 2 rings (SSSR count). The van der Waals surface area contributed by atoms with E-state index in [-0.39, 0.29) is 4.90 Å². The van der Waals surface area contributed by atoms with Gasteiger partial charge in [0.05, 0.1) is 11.9 Å². The second kappa shape index (κ2) is 4.81. The van der Waals surface area contributed by atoms with Crippen molar-refractivity contribution in [1.29, 1.82) is 0 Å². The Labute approximate surface area is 106 Å². The Bertz CT molecular complexity index is 647. The van der Waals surface area contributed by atoms with Crippen LogP contribution in [0.1, 0.15) is 18.2 Å². The summed E-state index contributed by atoms with van der Waals surface area (Å²) in [5.41, 5.74) is 2.17. The molecule has 0 aliphatic carbocycles. The van der Waals surface area contributed by atoms with Crippen molar-refractivity contribution in [2.75, 3.05) is 4.72 Å². The molecule has 0 fully saturated rings. The summed E-state index contributed by atoms with van der Waals surface area (Å²) < 4.78 is 26.8. The van der Waals surface area contributed by atoms with Gasteiger partial charge in [0.15, 0.2) is 0 Å². The first-order valence-corrected chi connectivity index (χ1v) is 7.13. The van der Waals surface area contributed by atoms with E-state index in [0.29, 0.717) is 11.4 Å². The van der Waals surface area contributed by atoms with Crippen LogP contribution in [0.25, 0.3) is 0 Å². The quantitative estimate of drug-likeness (QED) is 0.888. The van der Waals surface area contributed by atoms with Crippen molar-refractivity contribution < 1.29 is 8.42 Å². The molecule has 1 aromatic carbocycles. The molecule has 0 saturated carbocycles. The number of sulfonamides is 1. The van der Waals surface area contributed by atoms with Gasteiger partial charge in [-0.15, -0.1) is 0 Å². The van der Waals surface area contributed by atoms with Crippen LogP contribution in [0.2, 0.25) is 0 Å². The van der Waals surface area contributed by atoms with Crippen molar-refractivity contribution in [3.05, 3.63) is 41.7 Å². The molecule has 0 radical (unpaired) electrons. The van der Waals surface area contributed by atoms with Crippen molar-refractivity contribution >= 4 is 15.7 Å². The number of nitrogens with one attached hydrogen (secondary N) is 2. The number of aryl methyl sites for hydroxylation is 2. The van der Waals surface area contributed by atoms with Crippen LogP contribution in [0.4, 0.5) is 5.69 Å². The van der Waals surface area contributed by atoms with Gasteiger partial charge in [-0.2, -0.15) is 5.10 Å². The first kappa shape index (κ1) is 12.6. The van der Waals surface area contributed by atoms with Gasteiger partial charge >= 0.3 is 0 Å². The lowest BCUT2D eigenvalue weighted by Crippen LogP contribution is -2.13. The third-order valence-electron chi connectivity index (χ3n) is 2.66. The Hall–Kier alpha value is -1.82. The summed E-state index contributed by atoms with van der Waals surface area (Å²) in [4.78, 5) is 0.171. The number of H-pyrrole nitrogens is 1. The van der Waals surface area contributed by atoms with Gasteiger partial charge in [-0.05, 0) is 31.0 Å². The highest BCUT2D eigenvalue weighted by Crippen LogP contribution is 2.18. The number of anilines is 1. The van der Waals surface area contributed by atoms with Gasteiger partial charge in [-0.3, -0.25) is 9.82 Å². The molecule has 0 atom stereocenters. The zero-order chi connectivity index (χ0) is 13.2. The molecule has 5 nitrogen and oxygen atoms in total. The number of aromatic amines is 1. The Kier molecular flexibility index (Phi) is 3.38. The lowest BCUT2D eigenvalue weighted by molar-refractivity contribution is 0.600. The van der Waals surface area contributed by atoms with E-state index in [4.69, 9.17) is 0 Å². The van der Waals surface area contributed by atoms with Crippen LogP contribution in [-0.4, -0.2) is 18.6 Å². The molecule has 0 saturated heterocycles. The molecule has 0 bridgehead atoms. The molecule has 1 heterocycles. The van der Waals surface area contributed by atoms with Crippen LogP contribution in [0.15, 0.2) is 35.4 Å². The van der Waals surface area contributed by atoms with Gasteiger partial charge in [0, 0.05) is 5.69 Å². The van der Waals surface area contributed by atoms with E-state index >= 15 is 0 Å². The Morgan fingerprint density at radius 3 is 2.78 bits per heavy atom. The number of benzene rings is 1. The van der Waals surface area contributed by atoms with Gasteiger partial charge in [0.2, 0.25) is 0 Å². The topological polar surface area (TPSA) is 74.8 Å². The van der Waals surface area contributed by atoms with E-state index in [9.17, 15) is 8.42 Å². The molecule has 18 heavy (non-hydrogen) atoms. The molecule has 0 aliphatic heterocycles. The standard InChI is InChI=1S/C12H15N3O2S/c1-3-10-5-4-6-11(7-10)15-18(16,17)12-8-13-14-9(12)2/h4-8,15H,3H2,1-2H3,(H,13,14). The van der Waals surface area contributed by atoms with Gasteiger partial charge in [-0.1, -0.05) is 19.1 Å². The molecule has 2 aromatic rings. The molecular formula is C12H15N3O2S. The Morgan fingerprint density at radius 1 is 1.39 bits per heavy atom. The van der Waals surface area contributed by atoms with E-state index in [0.717, 1.165) is 12.0 Å². The van der Waals surface area contributed by atoms with E-state index in [1.165, 1.54) is 6.20 Å². The number of hydrogen-bond donors (Lipinski definition) is 2. The monoisotopic (exact) mass is 265 g/mol. The fourth-order valence-electron chi connectivity index (χ4n) is 1.68. The minimum Gasteiger partial charge on any atom is -0.281 e. The van der Waals surface area contributed by atoms with Crippen LogP contribution in [0.3, 0.4) is 0 Å². The van der Waals surface area contributed by atoms with Crippen molar-refractivity contribution in [2.24, 2.45) is 0 Å². The molecule has 0 unspecified atom stereocenters. The van der Waals surface area contributed by atoms with Gasteiger partial charge < -0.3 is 0 Å². The average molecular weight is 265 g/mol. The summed E-state index contributed by atoms with van der Waals surface area (Å²) >= 11 is 0. The van der Waals surface area contributed by atoms with Gasteiger partial charge in [-0.25, -0.2) is 8.42 Å². The maximum Gasteiger partial charge on any atom is 0.265 e. The Morgan fingerprint density at radius 2 is 2.17 bits per heavy atom. The number of aromatic nitrogens is 2. The van der Waals surface area contributed by atoms with Gasteiger partial charge in [0.25, 0.3) is 10.0 Å². The second-order valence-electron chi connectivity index (χ2n) is 4.02. The first-order valence-electron chi connectivity index (χ1n) is 5.64. The summed E-state index contributed by atoms with van der Waals surface area (Å²) in [6.07, 6.45) is 2.17. The minimum atomic E-state index is -3.57. The van der Waals surface area contributed by atoms with E-state index in [1.807, 2.05) is 25.1 Å². The fraction of sp³-hybridized carbons (Fsp3) is 0.250. The van der Waals surface area contributed by atoms with Crippen molar-refractivity contribution in [2.45, 2.75) is 25.2 Å². The predicted molar refractivity (Wildman–Crippen MR) is 70.0 cm³/mol. The molecule has 2 N–H and O–H groups in total. The summed E-state index contributed by atoms with van der Waals surface area (Å²) in [7, 11) is -3.57.